The Bertz CT molecular complexity index is 978. The largest absolute Gasteiger partial charge is 0.494 e. The smallest absolute Gasteiger partial charge is 0.399 e. The SMILES string of the molecule is Cc1ccc(-n2ncc3ccc(B4OC(C)(C)C(C)(C)O4)cc32)nc1C. The zero-order valence-electron chi connectivity index (χ0n) is 16.2. The molecular formula is C20H24BN3O2. The second-order valence-corrected chi connectivity index (χ2v) is 8.03. The Kier molecular flexibility index (Phi) is 3.76. The Balaban J connectivity index is 1.77. The highest BCUT2D eigenvalue weighted by atomic mass is 16.7. The lowest BCUT2D eigenvalue weighted by Gasteiger charge is -2.32. The first-order valence-electron chi connectivity index (χ1n) is 8.96. The van der Waals surface area contributed by atoms with Crippen LogP contribution in [0.15, 0.2) is 36.5 Å². The van der Waals surface area contributed by atoms with Crippen LogP contribution < -0.4 is 5.46 Å². The number of nitrogens with zero attached hydrogens (tertiary/aromatic N) is 3. The van der Waals surface area contributed by atoms with Gasteiger partial charge in [-0.15, -0.1) is 0 Å². The van der Waals surface area contributed by atoms with E-state index in [0.29, 0.717) is 0 Å². The van der Waals surface area contributed by atoms with E-state index in [2.05, 4.69) is 62.9 Å². The first-order valence-corrected chi connectivity index (χ1v) is 8.96. The summed E-state index contributed by atoms with van der Waals surface area (Å²) in [5.41, 5.74) is 3.44. The molecule has 4 rings (SSSR count). The summed E-state index contributed by atoms with van der Waals surface area (Å²) in [6.45, 7) is 12.3. The van der Waals surface area contributed by atoms with Crippen LogP contribution in [-0.2, 0) is 9.31 Å². The second kappa shape index (κ2) is 5.66. The zero-order chi connectivity index (χ0) is 18.7. The van der Waals surface area contributed by atoms with Gasteiger partial charge in [0.2, 0.25) is 0 Å². The van der Waals surface area contributed by atoms with Crippen molar-refractivity contribution in [2.24, 2.45) is 0 Å². The fourth-order valence-corrected chi connectivity index (χ4v) is 3.08. The summed E-state index contributed by atoms with van der Waals surface area (Å²) in [6, 6.07) is 10.3. The van der Waals surface area contributed by atoms with Crippen LogP contribution in [0, 0.1) is 13.8 Å². The third-order valence-electron chi connectivity index (χ3n) is 5.67. The fraction of sp³-hybridized carbons (Fsp3) is 0.400. The molecule has 0 aliphatic carbocycles. The maximum absolute atomic E-state index is 6.19. The number of fused-ring (bicyclic) bond motifs is 1. The summed E-state index contributed by atoms with van der Waals surface area (Å²) in [6.07, 6.45) is 1.86. The molecule has 1 saturated heterocycles. The molecule has 0 saturated carbocycles. The predicted molar refractivity (Wildman–Crippen MR) is 104 cm³/mol. The topological polar surface area (TPSA) is 49.2 Å². The summed E-state index contributed by atoms with van der Waals surface area (Å²) < 4.78 is 14.2. The fourth-order valence-electron chi connectivity index (χ4n) is 3.08. The minimum Gasteiger partial charge on any atom is -0.399 e. The van der Waals surface area contributed by atoms with Crippen LogP contribution in [0.25, 0.3) is 16.7 Å². The molecule has 1 fully saturated rings. The van der Waals surface area contributed by atoms with Gasteiger partial charge in [0.25, 0.3) is 0 Å². The van der Waals surface area contributed by atoms with Crippen LogP contribution in [-0.4, -0.2) is 33.1 Å². The molecule has 6 heteroatoms. The summed E-state index contributed by atoms with van der Waals surface area (Å²) in [5.74, 6) is 0.814. The lowest BCUT2D eigenvalue weighted by atomic mass is 9.79. The minimum absolute atomic E-state index is 0.359. The van der Waals surface area contributed by atoms with Gasteiger partial charge >= 0.3 is 7.12 Å². The Hall–Kier alpha value is -2.18. The van der Waals surface area contributed by atoms with E-state index in [0.717, 1.165) is 27.9 Å². The minimum atomic E-state index is -0.388. The van der Waals surface area contributed by atoms with Crippen molar-refractivity contribution in [1.29, 1.82) is 0 Å². The normalized spacial score (nSPS) is 18.6. The molecule has 0 radical (unpaired) electrons. The van der Waals surface area contributed by atoms with Crippen molar-refractivity contribution in [3.05, 3.63) is 47.8 Å². The van der Waals surface area contributed by atoms with Gasteiger partial charge in [0.1, 0.15) is 0 Å². The standard InChI is InChI=1S/C20H24BN3O2/c1-13-7-10-18(23-14(13)2)24-17-11-16(9-8-15(17)12-22-24)21-25-19(3,4)20(5,6)26-21/h7-12H,1-6H3. The van der Waals surface area contributed by atoms with E-state index in [1.807, 2.05) is 29.9 Å². The van der Waals surface area contributed by atoms with Gasteiger partial charge in [0.15, 0.2) is 5.82 Å². The van der Waals surface area contributed by atoms with Gasteiger partial charge in [-0.05, 0) is 64.7 Å². The quantitative estimate of drug-likeness (QED) is 0.666. The lowest BCUT2D eigenvalue weighted by molar-refractivity contribution is 0.00578. The zero-order valence-corrected chi connectivity index (χ0v) is 16.2. The number of rotatable bonds is 2. The average molecular weight is 349 g/mol. The molecule has 0 spiro atoms. The van der Waals surface area contributed by atoms with E-state index in [-0.39, 0.29) is 18.3 Å². The number of pyridine rings is 1. The lowest BCUT2D eigenvalue weighted by Crippen LogP contribution is -2.41. The van der Waals surface area contributed by atoms with Crippen molar-refractivity contribution >= 4 is 23.5 Å². The molecule has 0 N–H and O–H groups in total. The van der Waals surface area contributed by atoms with Gasteiger partial charge in [0, 0.05) is 11.1 Å². The monoisotopic (exact) mass is 349 g/mol. The van der Waals surface area contributed by atoms with Crippen molar-refractivity contribution in [3.8, 4) is 5.82 Å². The van der Waals surface area contributed by atoms with E-state index >= 15 is 0 Å². The van der Waals surface area contributed by atoms with E-state index < -0.39 is 0 Å². The van der Waals surface area contributed by atoms with Crippen molar-refractivity contribution < 1.29 is 9.31 Å². The van der Waals surface area contributed by atoms with Crippen molar-refractivity contribution in [2.75, 3.05) is 0 Å². The molecule has 3 heterocycles. The van der Waals surface area contributed by atoms with Gasteiger partial charge in [-0.2, -0.15) is 5.10 Å². The van der Waals surface area contributed by atoms with Gasteiger partial charge in [0.05, 0.1) is 22.9 Å². The van der Waals surface area contributed by atoms with Gasteiger partial charge in [-0.25, -0.2) is 9.67 Å². The molecule has 1 aliphatic rings. The molecule has 0 bridgehead atoms. The summed E-state index contributed by atoms with van der Waals surface area (Å²) in [7, 11) is -0.388. The summed E-state index contributed by atoms with van der Waals surface area (Å²) >= 11 is 0. The maximum Gasteiger partial charge on any atom is 0.494 e. The first-order chi connectivity index (χ1) is 12.2. The highest BCUT2D eigenvalue weighted by Crippen LogP contribution is 2.36. The Morgan fingerprint density at radius 2 is 1.65 bits per heavy atom. The molecule has 0 atom stereocenters. The van der Waals surface area contributed by atoms with Crippen molar-refractivity contribution in [2.45, 2.75) is 52.7 Å². The number of benzene rings is 1. The number of hydrogen-bond donors (Lipinski definition) is 0. The molecule has 3 aromatic rings. The van der Waals surface area contributed by atoms with Gasteiger partial charge in [-0.1, -0.05) is 18.2 Å². The third-order valence-corrected chi connectivity index (χ3v) is 5.67. The van der Waals surface area contributed by atoms with Crippen LogP contribution in [0.1, 0.15) is 39.0 Å². The van der Waals surface area contributed by atoms with E-state index in [1.54, 1.807) is 0 Å². The van der Waals surface area contributed by atoms with E-state index in [9.17, 15) is 0 Å². The van der Waals surface area contributed by atoms with Gasteiger partial charge in [-0.3, -0.25) is 0 Å². The van der Waals surface area contributed by atoms with Crippen LogP contribution >= 0.6 is 0 Å². The van der Waals surface area contributed by atoms with Crippen LogP contribution in [0.3, 0.4) is 0 Å². The second-order valence-electron chi connectivity index (χ2n) is 8.03. The summed E-state index contributed by atoms with van der Waals surface area (Å²) in [5, 5.41) is 5.59. The Morgan fingerprint density at radius 1 is 0.962 bits per heavy atom. The van der Waals surface area contributed by atoms with Gasteiger partial charge < -0.3 is 9.31 Å². The average Bonchev–Trinajstić information content (AvgIpc) is 3.08. The summed E-state index contributed by atoms with van der Waals surface area (Å²) in [4.78, 5) is 4.68. The Morgan fingerprint density at radius 3 is 2.31 bits per heavy atom. The number of hydrogen-bond acceptors (Lipinski definition) is 4. The van der Waals surface area contributed by atoms with E-state index in [4.69, 9.17) is 9.31 Å². The first kappa shape index (κ1) is 17.2. The molecule has 0 amide bonds. The van der Waals surface area contributed by atoms with Crippen LogP contribution in [0.4, 0.5) is 0 Å². The maximum atomic E-state index is 6.19. The molecule has 1 aromatic carbocycles. The molecule has 134 valence electrons. The highest BCUT2D eigenvalue weighted by molar-refractivity contribution is 6.62. The van der Waals surface area contributed by atoms with Crippen LogP contribution in [0.2, 0.25) is 0 Å². The Labute approximate surface area is 154 Å². The molecule has 2 aromatic heterocycles. The number of aromatic nitrogens is 3. The van der Waals surface area contributed by atoms with Crippen molar-refractivity contribution in [1.82, 2.24) is 14.8 Å². The molecule has 0 unspecified atom stereocenters. The highest BCUT2D eigenvalue weighted by Gasteiger charge is 2.51. The molecule has 1 aliphatic heterocycles. The van der Waals surface area contributed by atoms with E-state index in [1.165, 1.54) is 5.56 Å². The predicted octanol–water partition coefficient (Wildman–Crippen LogP) is 3.34. The van der Waals surface area contributed by atoms with Crippen molar-refractivity contribution in [3.63, 3.8) is 0 Å². The van der Waals surface area contributed by atoms with Crippen LogP contribution in [0.5, 0.6) is 0 Å². The molecule has 5 nitrogen and oxygen atoms in total. The molecular weight excluding hydrogens is 325 g/mol. The molecule has 26 heavy (non-hydrogen) atoms. The third kappa shape index (κ3) is 2.64. The number of aryl methyl sites for hydroxylation is 2.